The minimum absolute atomic E-state index is 0.215. The van der Waals surface area contributed by atoms with E-state index in [4.69, 9.17) is 4.74 Å². The van der Waals surface area contributed by atoms with Crippen molar-refractivity contribution in [2.75, 3.05) is 26.3 Å². The van der Waals surface area contributed by atoms with Crippen molar-refractivity contribution in [3.63, 3.8) is 0 Å². The Morgan fingerprint density at radius 2 is 2.04 bits per heavy atom. The number of nitrogens with one attached hydrogen (secondary N) is 1. The van der Waals surface area contributed by atoms with E-state index in [1.165, 1.54) is 24.8 Å². The Kier molecular flexibility index (Phi) is 8.53. The highest BCUT2D eigenvalue weighted by Gasteiger charge is 2.25. The second kappa shape index (κ2) is 10.6. The molecule has 1 saturated heterocycles. The topological polar surface area (TPSA) is 95.9 Å². The van der Waals surface area contributed by atoms with Crippen LogP contribution < -0.4 is 9.46 Å². The van der Waals surface area contributed by atoms with E-state index in [1.54, 1.807) is 0 Å². The molecule has 0 spiro atoms. The predicted octanol–water partition coefficient (Wildman–Crippen LogP) is 1.66. The largest absolute Gasteiger partial charge is 0.494 e. The van der Waals surface area contributed by atoms with Crippen LogP contribution in [0.3, 0.4) is 0 Å². The molecular formula is C19H30N2O5S. The van der Waals surface area contributed by atoms with Gasteiger partial charge in [0.25, 0.3) is 0 Å². The van der Waals surface area contributed by atoms with Crippen LogP contribution in [0.2, 0.25) is 0 Å². The summed E-state index contributed by atoms with van der Waals surface area (Å²) in [4.78, 5) is 13.4. The number of sulfonamides is 1. The number of amides is 1. The zero-order valence-electron chi connectivity index (χ0n) is 15.9. The lowest BCUT2D eigenvalue weighted by atomic mass is 10.1. The molecule has 1 atom stereocenters. The molecule has 0 bridgehead atoms. The molecule has 7 nitrogen and oxygen atoms in total. The summed E-state index contributed by atoms with van der Waals surface area (Å²) in [5.74, 6) is 0.102. The van der Waals surface area contributed by atoms with Crippen molar-refractivity contribution in [1.82, 2.24) is 9.62 Å². The van der Waals surface area contributed by atoms with E-state index in [0.29, 0.717) is 13.0 Å². The molecule has 8 heteroatoms. The lowest BCUT2D eigenvalue weighted by Gasteiger charge is -2.26. The number of aliphatic hydroxyl groups excluding tert-OH is 1. The van der Waals surface area contributed by atoms with Gasteiger partial charge in [-0.25, -0.2) is 8.42 Å². The summed E-state index contributed by atoms with van der Waals surface area (Å²) >= 11 is 0. The molecule has 0 aliphatic carbocycles. The summed E-state index contributed by atoms with van der Waals surface area (Å²) in [5, 5.41) is 8.29. The lowest BCUT2D eigenvalue weighted by molar-refractivity contribution is -0.117. The number of benzene rings is 1. The van der Waals surface area contributed by atoms with E-state index in [9.17, 15) is 18.3 Å². The number of hydrogen-bond donors (Lipinski definition) is 2. The molecule has 2 rings (SSSR count). The van der Waals surface area contributed by atoms with Gasteiger partial charge in [-0.2, -0.15) is 0 Å². The van der Waals surface area contributed by atoms with Crippen LogP contribution in [0, 0.1) is 0 Å². The fraction of sp³-hybridized carbons (Fsp3) is 0.632. The Morgan fingerprint density at radius 1 is 1.30 bits per heavy atom. The second-order valence-electron chi connectivity index (χ2n) is 6.98. The maximum Gasteiger partial charge on any atom is 0.240 e. The number of carbonyl (C=O) groups excluding carboxylic acids is 1. The van der Waals surface area contributed by atoms with Gasteiger partial charge in [-0.05, 0) is 56.5 Å². The summed E-state index contributed by atoms with van der Waals surface area (Å²) < 4.78 is 31.5. The van der Waals surface area contributed by atoms with Crippen LogP contribution in [0.25, 0.3) is 0 Å². The van der Waals surface area contributed by atoms with Gasteiger partial charge in [0.1, 0.15) is 11.0 Å². The molecule has 1 aliphatic rings. The number of likely N-dealkylation sites (tertiary alicyclic amines) is 1. The van der Waals surface area contributed by atoms with E-state index in [0.717, 1.165) is 32.3 Å². The van der Waals surface area contributed by atoms with E-state index >= 15 is 0 Å². The van der Waals surface area contributed by atoms with Crippen LogP contribution in [0.15, 0.2) is 24.3 Å². The zero-order valence-corrected chi connectivity index (χ0v) is 16.7. The highest BCUT2D eigenvalue weighted by molar-refractivity contribution is 7.90. The minimum atomic E-state index is -3.85. The number of hydrogen-bond acceptors (Lipinski definition) is 6. The van der Waals surface area contributed by atoms with Crippen LogP contribution in [-0.2, 0) is 21.4 Å². The lowest BCUT2D eigenvalue weighted by Crippen LogP contribution is -2.39. The van der Waals surface area contributed by atoms with Gasteiger partial charge in [0.15, 0.2) is 0 Å². The minimum Gasteiger partial charge on any atom is -0.494 e. The van der Waals surface area contributed by atoms with Crippen molar-refractivity contribution in [3.05, 3.63) is 29.8 Å². The first-order valence-corrected chi connectivity index (χ1v) is 11.0. The van der Waals surface area contributed by atoms with E-state index in [-0.39, 0.29) is 6.42 Å². The van der Waals surface area contributed by atoms with Gasteiger partial charge in [0.2, 0.25) is 15.9 Å². The van der Waals surface area contributed by atoms with Crippen molar-refractivity contribution < 1.29 is 23.1 Å². The third-order valence-corrected chi connectivity index (χ3v) is 6.46. The molecule has 2 N–H and O–H groups in total. The smallest absolute Gasteiger partial charge is 0.240 e. The van der Waals surface area contributed by atoms with Crippen molar-refractivity contribution in [1.29, 1.82) is 0 Å². The molecule has 1 aromatic carbocycles. The van der Waals surface area contributed by atoms with Gasteiger partial charge in [-0.3, -0.25) is 14.4 Å². The molecule has 1 aliphatic heterocycles. The van der Waals surface area contributed by atoms with Crippen LogP contribution in [0.5, 0.6) is 5.75 Å². The Morgan fingerprint density at radius 3 is 2.70 bits per heavy atom. The molecule has 1 fully saturated rings. The maximum absolute atomic E-state index is 11.9. The van der Waals surface area contributed by atoms with Crippen LogP contribution in [0.4, 0.5) is 0 Å². The number of rotatable bonds is 10. The average Bonchev–Trinajstić information content (AvgIpc) is 2.61. The molecule has 0 radical (unpaired) electrons. The number of nitrogens with zero attached hydrogens (tertiary/aromatic N) is 1. The summed E-state index contributed by atoms with van der Waals surface area (Å²) in [7, 11) is -3.85. The summed E-state index contributed by atoms with van der Waals surface area (Å²) in [6, 6.07) is 7.96. The molecule has 152 valence electrons. The van der Waals surface area contributed by atoms with Gasteiger partial charge in [-0.15, -0.1) is 0 Å². The van der Waals surface area contributed by atoms with Crippen molar-refractivity contribution >= 4 is 15.9 Å². The molecule has 0 saturated carbocycles. The second-order valence-corrected chi connectivity index (χ2v) is 8.94. The number of ether oxygens (including phenoxy) is 1. The first kappa shape index (κ1) is 21.7. The number of carbonyl (C=O) groups is 1. The molecule has 27 heavy (non-hydrogen) atoms. The van der Waals surface area contributed by atoms with E-state index < -0.39 is 27.8 Å². The SMILES string of the molecule is CC(=O)NS(=O)(=O)C(CO)CCCOc1cccc(CN2CCCCC2)c1. The zero-order chi connectivity index (χ0) is 19.7. The highest BCUT2D eigenvalue weighted by Crippen LogP contribution is 2.18. The van der Waals surface area contributed by atoms with Crippen LogP contribution in [-0.4, -0.2) is 55.9 Å². The molecule has 1 aromatic rings. The van der Waals surface area contributed by atoms with Crippen LogP contribution in [0.1, 0.15) is 44.6 Å². The number of aliphatic hydroxyl groups is 1. The van der Waals surface area contributed by atoms with E-state index in [2.05, 4.69) is 11.0 Å². The summed E-state index contributed by atoms with van der Waals surface area (Å²) in [6.07, 6.45) is 4.49. The van der Waals surface area contributed by atoms with E-state index in [1.807, 2.05) is 22.9 Å². The monoisotopic (exact) mass is 398 g/mol. The van der Waals surface area contributed by atoms with Crippen molar-refractivity contribution in [2.45, 2.75) is 50.8 Å². The van der Waals surface area contributed by atoms with Crippen LogP contribution >= 0.6 is 0 Å². The predicted molar refractivity (Wildman–Crippen MR) is 104 cm³/mol. The normalized spacial score (nSPS) is 16.7. The summed E-state index contributed by atoms with van der Waals surface area (Å²) in [5.41, 5.74) is 1.20. The fourth-order valence-corrected chi connectivity index (χ4v) is 4.48. The quantitative estimate of drug-likeness (QED) is 0.582. The van der Waals surface area contributed by atoms with Crippen molar-refractivity contribution in [2.24, 2.45) is 0 Å². The van der Waals surface area contributed by atoms with Gasteiger partial charge in [0.05, 0.1) is 13.2 Å². The van der Waals surface area contributed by atoms with Gasteiger partial charge >= 0.3 is 0 Å². The standard InChI is InChI=1S/C19H30N2O5S/c1-16(23)20-27(24,25)19(15-22)9-6-12-26-18-8-5-7-17(13-18)14-21-10-3-2-4-11-21/h5,7-8,13,19,22H,2-4,6,9-12,14-15H2,1H3,(H,20,23). The van der Waals surface area contributed by atoms with Gasteiger partial charge in [0, 0.05) is 13.5 Å². The maximum atomic E-state index is 11.9. The average molecular weight is 399 g/mol. The summed E-state index contributed by atoms with van der Waals surface area (Å²) in [6.45, 7) is 4.13. The molecular weight excluding hydrogens is 368 g/mol. The Balaban J connectivity index is 1.79. The Labute approximate surface area is 161 Å². The third kappa shape index (κ3) is 7.48. The first-order valence-electron chi connectivity index (χ1n) is 9.48. The van der Waals surface area contributed by atoms with Gasteiger partial charge < -0.3 is 9.84 Å². The molecule has 0 aromatic heterocycles. The highest BCUT2D eigenvalue weighted by atomic mass is 32.2. The number of piperidine rings is 1. The molecule has 1 unspecified atom stereocenters. The van der Waals surface area contributed by atoms with Gasteiger partial charge in [-0.1, -0.05) is 18.6 Å². The molecule has 1 heterocycles. The van der Waals surface area contributed by atoms with Crippen molar-refractivity contribution in [3.8, 4) is 5.75 Å². The third-order valence-electron chi connectivity index (χ3n) is 4.62. The Hall–Kier alpha value is -1.64. The fourth-order valence-electron chi connectivity index (χ4n) is 3.24. The molecule has 1 amide bonds. The first-order chi connectivity index (χ1) is 12.9. The Bertz CT molecular complexity index is 702.